The molecule has 2 rings (SSSR count). The van der Waals surface area contributed by atoms with Crippen LogP contribution in [0.3, 0.4) is 0 Å². The number of ether oxygens (including phenoxy) is 1. The topological polar surface area (TPSA) is 9.23 Å². The van der Waals surface area contributed by atoms with Crippen molar-refractivity contribution in [2.75, 3.05) is 7.11 Å². The second-order valence-electron chi connectivity index (χ2n) is 3.62. The zero-order chi connectivity index (χ0) is 11.7. The Balaban J connectivity index is 2.38. The fourth-order valence-electron chi connectivity index (χ4n) is 1.69. The van der Waals surface area contributed by atoms with Crippen LogP contribution in [-0.4, -0.2) is 7.11 Å². The first kappa shape index (κ1) is 12.0. The van der Waals surface area contributed by atoms with Crippen LogP contribution in [0.4, 0.5) is 0 Å². The van der Waals surface area contributed by atoms with Crippen molar-refractivity contribution in [3.05, 3.63) is 37.7 Å². The summed E-state index contributed by atoms with van der Waals surface area (Å²) < 4.78 is 5.31. The SMILES string of the molecule is COc1ccsc1C(Cl)c1sc(C)cc1C. The maximum Gasteiger partial charge on any atom is 0.134 e. The van der Waals surface area contributed by atoms with E-state index in [1.54, 1.807) is 29.8 Å². The molecule has 0 saturated carbocycles. The molecule has 0 radical (unpaired) electrons. The van der Waals surface area contributed by atoms with E-state index in [1.807, 2.05) is 11.4 Å². The monoisotopic (exact) mass is 272 g/mol. The lowest BCUT2D eigenvalue weighted by atomic mass is 10.2. The van der Waals surface area contributed by atoms with Crippen molar-refractivity contribution < 1.29 is 4.74 Å². The number of methoxy groups -OCH3 is 1. The molecule has 0 spiro atoms. The van der Waals surface area contributed by atoms with Gasteiger partial charge in [-0.1, -0.05) is 0 Å². The highest BCUT2D eigenvalue weighted by atomic mass is 35.5. The highest BCUT2D eigenvalue weighted by molar-refractivity contribution is 7.13. The number of alkyl halides is 1. The van der Waals surface area contributed by atoms with Crippen molar-refractivity contribution in [2.24, 2.45) is 0 Å². The first-order valence-corrected chi connectivity index (χ1v) is 7.09. The van der Waals surface area contributed by atoms with Crippen LogP contribution in [0.1, 0.15) is 25.6 Å². The lowest BCUT2D eigenvalue weighted by Gasteiger charge is -2.09. The van der Waals surface area contributed by atoms with Gasteiger partial charge in [0.05, 0.1) is 12.0 Å². The molecule has 1 nitrogen and oxygen atoms in total. The van der Waals surface area contributed by atoms with E-state index in [2.05, 4.69) is 19.9 Å². The molecule has 0 saturated heterocycles. The first-order valence-electron chi connectivity index (χ1n) is 4.96. The number of aryl methyl sites for hydroxylation is 2. The lowest BCUT2D eigenvalue weighted by molar-refractivity contribution is 0.413. The van der Waals surface area contributed by atoms with E-state index in [4.69, 9.17) is 16.3 Å². The van der Waals surface area contributed by atoms with Gasteiger partial charge in [-0.15, -0.1) is 34.3 Å². The standard InChI is InChI=1S/C12H13ClOS2/c1-7-6-8(2)16-11(7)10(13)12-9(14-3)4-5-15-12/h4-6,10H,1-3H3. The molecule has 0 fully saturated rings. The van der Waals surface area contributed by atoms with E-state index in [1.165, 1.54) is 15.3 Å². The summed E-state index contributed by atoms with van der Waals surface area (Å²) in [6.45, 7) is 4.21. The molecule has 16 heavy (non-hydrogen) atoms. The second-order valence-corrected chi connectivity index (χ2v) is 6.29. The van der Waals surface area contributed by atoms with Gasteiger partial charge in [0.1, 0.15) is 11.1 Å². The zero-order valence-corrected chi connectivity index (χ0v) is 11.8. The number of hydrogen-bond donors (Lipinski definition) is 0. The first-order chi connectivity index (χ1) is 7.63. The van der Waals surface area contributed by atoms with Crippen LogP contribution in [0.2, 0.25) is 0 Å². The van der Waals surface area contributed by atoms with Gasteiger partial charge in [0, 0.05) is 9.75 Å². The van der Waals surface area contributed by atoms with Crippen LogP contribution in [0, 0.1) is 13.8 Å². The zero-order valence-electron chi connectivity index (χ0n) is 9.41. The third-order valence-corrected chi connectivity index (χ3v) is 5.29. The van der Waals surface area contributed by atoms with Gasteiger partial charge in [-0.05, 0) is 36.9 Å². The molecule has 2 heterocycles. The van der Waals surface area contributed by atoms with Gasteiger partial charge in [-0.2, -0.15) is 0 Å². The molecular weight excluding hydrogens is 260 g/mol. The number of hydrogen-bond acceptors (Lipinski definition) is 3. The molecule has 0 bridgehead atoms. The van der Waals surface area contributed by atoms with Gasteiger partial charge in [-0.3, -0.25) is 0 Å². The Hall–Kier alpha value is -0.510. The third kappa shape index (κ3) is 2.12. The summed E-state index contributed by atoms with van der Waals surface area (Å²) >= 11 is 9.92. The smallest absolute Gasteiger partial charge is 0.134 e. The van der Waals surface area contributed by atoms with Crippen LogP contribution < -0.4 is 4.74 Å². The molecule has 0 amide bonds. The highest BCUT2D eigenvalue weighted by Crippen LogP contribution is 2.42. The largest absolute Gasteiger partial charge is 0.496 e. The number of rotatable bonds is 3. The van der Waals surface area contributed by atoms with E-state index in [0.717, 1.165) is 10.6 Å². The van der Waals surface area contributed by atoms with Crippen molar-refractivity contribution in [3.8, 4) is 5.75 Å². The summed E-state index contributed by atoms with van der Waals surface area (Å²) in [5.74, 6) is 0.885. The second kappa shape index (κ2) is 4.78. The Morgan fingerprint density at radius 1 is 1.31 bits per heavy atom. The maximum absolute atomic E-state index is 6.52. The van der Waals surface area contributed by atoms with Gasteiger partial charge in [0.2, 0.25) is 0 Å². The molecule has 86 valence electrons. The molecule has 0 N–H and O–H groups in total. The highest BCUT2D eigenvalue weighted by Gasteiger charge is 2.20. The van der Waals surface area contributed by atoms with Gasteiger partial charge < -0.3 is 4.74 Å². The van der Waals surface area contributed by atoms with Crippen molar-refractivity contribution in [1.82, 2.24) is 0 Å². The van der Waals surface area contributed by atoms with E-state index < -0.39 is 0 Å². The molecule has 0 aliphatic rings. The number of thiophene rings is 2. The average molecular weight is 273 g/mol. The quantitative estimate of drug-likeness (QED) is 0.732. The molecule has 2 aromatic heterocycles. The van der Waals surface area contributed by atoms with Gasteiger partial charge >= 0.3 is 0 Å². The average Bonchev–Trinajstić information content (AvgIpc) is 2.83. The van der Waals surface area contributed by atoms with E-state index >= 15 is 0 Å². The van der Waals surface area contributed by atoms with Crippen molar-refractivity contribution in [1.29, 1.82) is 0 Å². The summed E-state index contributed by atoms with van der Waals surface area (Å²) in [6, 6.07) is 4.14. The lowest BCUT2D eigenvalue weighted by Crippen LogP contribution is -1.92. The van der Waals surface area contributed by atoms with Crippen molar-refractivity contribution in [2.45, 2.75) is 19.2 Å². The van der Waals surface area contributed by atoms with Crippen molar-refractivity contribution in [3.63, 3.8) is 0 Å². The van der Waals surface area contributed by atoms with Crippen LogP contribution in [-0.2, 0) is 0 Å². The molecule has 1 atom stereocenters. The molecule has 0 aliphatic carbocycles. The Bertz CT molecular complexity index is 487. The predicted molar refractivity (Wildman–Crippen MR) is 72.4 cm³/mol. The molecular formula is C12H13ClOS2. The van der Waals surface area contributed by atoms with E-state index in [-0.39, 0.29) is 5.38 Å². The summed E-state index contributed by atoms with van der Waals surface area (Å²) in [7, 11) is 1.68. The van der Waals surface area contributed by atoms with Gasteiger partial charge in [-0.25, -0.2) is 0 Å². The summed E-state index contributed by atoms with van der Waals surface area (Å²) in [4.78, 5) is 3.61. The number of halogens is 1. The van der Waals surface area contributed by atoms with Gasteiger partial charge in [0.25, 0.3) is 0 Å². The van der Waals surface area contributed by atoms with Gasteiger partial charge in [0.15, 0.2) is 0 Å². The normalized spacial score (nSPS) is 12.8. The fourth-order valence-corrected chi connectivity index (χ4v) is 4.20. The van der Waals surface area contributed by atoms with Crippen LogP contribution in [0.5, 0.6) is 5.75 Å². The Kier molecular flexibility index (Phi) is 3.57. The molecule has 0 aromatic carbocycles. The third-order valence-electron chi connectivity index (χ3n) is 2.42. The molecule has 1 unspecified atom stereocenters. The Labute approximate surface area is 109 Å². The molecule has 4 heteroatoms. The fraction of sp³-hybridized carbons (Fsp3) is 0.333. The van der Waals surface area contributed by atoms with Crippen LogP contribution in [0.15, 0.2) is 17.5 Å². The van der Waals surface area contributed by atoms with Crippen LogP contribution in [0.25, 0.3) is 0 Å². The molecule has 0 aliphatic heterocycles. The summed E-state index contributed by atoms with van der Waals surface area (Å²) in [6.07, 6.45) is 0. The minimum absolute atomic E-state index is 0.0892. The summed E-state index contributed by atoms with van der Waals surface area (Å²) in [5, 5.41) is 1.92. The van der Waals surface area contributed by atoms with E-state index in [9.17, 15) is 0 Å². The minimum Gasteiger partial charge on any atom is -0.496 e. The minimum atomic E-state index is -0.0892. The Morgan fingerprint density at radius 3 is 2.62 bits per heavy atom. The predicted octanol–water partition coefficient (Wildman–Crippen LogP) is 4.76. The van der Waals surface area contributed by atoms with Crippen molar-refractivity contribution >= 4 is 34.3 Å². The Morgan fingerprint density at radius 2 is 2.06 bits per heavy atom. The maximum atomic E-state index is 6.52. The van der Waals surface area contributed by atoms with E-state index in [0.29, 0.717) is 0 Å². The van der Waals surface area contributed by atoms with Crippen LogP contribution >= 0.6 is 34.3 Å². The summed E-state index contributed by atoms with van der Waals surface area (Å²) in [5.41, 5.74) is 1.26. The molecule has 2 aromatic rings.